The maximum Gasteiger partial charge on any atom is 0.0691 e. The molecule has 3 N–H and O–H groups in total. The highest BCUT2D eigenvalue weighted by Crippen LogP contribution is 2.31. The molecular weight excluding hydrogens is 196 g/mol. The predicted octanol–water partition coefficient (Wildman–Crippen LogP) is 2.29. The molecule has 0 bridgehead atoms. The van der Waals surface area contributed by atoms with Crippen molar-refractivity contribution >= 4 is 0 Å². The topological polar surface area (TPSA) is 38.0 Å². The molecule has 2 nitrogen and oxygen atoms in total. The molecule has 92 valence electrons. The van der Waals surface area contributed by atoms with Crippen LogP contribution in [0.3, 0.4) is 0 Å². The minimum atomic E-state index is 0.110. The van der Waals surface area contributed by atoms with Gasteiger partial charge in [-0.15, -0.1) is 6.42 Å². The van der Waals surface area contributed by atoms with Gasteiger partial charge < -0.3 is 5.73 Å². The second kappa shape index (κ2) is 6.27. The largest absolute Gasteiger partial charge is 0.329 e. The summed E-state index contributed by atoms with van der Waals surface area (Å²) >= 11 is 0. The third-order valence-electron chi connectivity index (χ3n) is 3.88. The number of hydrogen-bond donors (Lipinski definition) is 2. The molecule has 0 radical (unpaired) electrons. The summed E-state index contributed by atoms with van der Waals surface area (Å²) in [5.74, 6) is 3.70. The fourth-order valence-electron chi connectivity index (χ4n) is 2.58. The molecule has 1 fully saturated rings. The van der Waals surface area contributed by atoms with Crippen molar-refractivity contribution in [2.75, 3.05) is 6.54 Å². The Balaban J connectivity index is 2.56. The Morgan fingerprint density at radius 2 is 2.12 bits per heavy atom. The molecule has 0 spiro atoms. The first-order chi connectivity index (χ1) is 7.65. The molecule has 0 aromatic carbocycles. The molecule has 1 rings (SSSR count). The van der Waals surface area contributed by atoms with Gasteiger partial charge in [-0.05, 0) is 38.0 Å². The molecule has 0 heterocycles. The lowest BCUT2D eigenvalue weighted by molar-refractivity contribution is 0.191. The second-order valence-corrected chi connectivity index (χ2v) is 5.32. The van der Waals surface area contributed by atoms with Crippen LogP contribution in [0.4, 0.5) is 0 Å². The van der Waals surface area contributed by atoms with Gasteiger partial charge in [-0.1, -0.05) is 26.2 Å². The highest BCUT2D eigenvalue weighted by atomic mass is 15.0. The maximum absolute atomic E-state index is 5.95. The average molecular weight is 222 g/mol. The number of terminal acetylenes is 1. The minimum Gasteiger partial charge on any atom is -0.329 e. The number of rotatable bonds is 5. The first kappa shape index (κ1) is 13.5. The molecule has 0 aliphatic heterocycles. The van der Waals surface area contributed by atoms with Crippen LogP contribution in [-0.2, 0) is 0 Å². The zero-order chi connectivity index (χ0) is 12.0. The Labute approximate surface area is 100 Å². The van der Waals surface area contributed by atoms with Crippen LogP contribution in [0, 0.1) is 18.3 Å². The number of hydrogen-bond acceptors (Lipinski definition) is 2. The Bertz CT molecular complexity index is 234. The van der Waals surface area contributed by atoms with Gasteiger partial charge in [0.15, 0.2) is 0 Å². The molecule has 0 amide bonds. The molecule has 1 aliphatic carbocycles. The summed E-state index contributed by atoms with van der Waals surface area (Å²) in [5, 5.41) is 3.63. The van der Waals surface area contributed by atoms with Gasteiger partial charge in [-0.2, -0.15) is 0 Å². The Morgan fingerprint density at radius 3 is 2.56 bits per heavy atom. The van der Waals surface area contributed by atoms with Crippen molar-refractivity contribution in [3.05, 3.63) is 0 Å². The lowest BCUT2D eigenvalue weighted by atomic mass is 9.76. The van der Waals surface area contributed by atoms with E-state index in [0.717, 1.165) is 18.8 Å². The summed E-state index contributed by atoms with van der Waals surface area (Å²) in [6.45, 7) is 5.21. The van der Waals surface area contributed by atoms with Crippen LogP contribution in [0.25, 0.3) is 0 Å². The van der Waals surface area contributed by atoms with Crippen LogP contribution in [0.5, 0.6) is 0 Å². The van der Waals surface area contributed by atoms with Crippen molar-refractivity contribution in [2.24, 2.45) is 11.7 Å². The summed E-state index contributed by atoms with van der Waals surface area (Å²) in [6.07, 6.45) is 12.6. The maximum atomic E-state index is 5.95. The SMILES string of the molecule is C#CC(CCC)NC1(CN)CCC(C)CC1. The average Bonchev–Trinajstić information content (AvgIpc) is 2.32. The fourth-order valence-corrected chi connectivity index (χ4v) is 2.58. The standard InChI is InChI=1S/C14H26N2/c1-4-6-13(5-2)16-14(11-15)9-7-12(3)8-10-14/h2,12-13,16H,4,6-11,15H2,1,3H3. The molecular formula is C14H26N2. The van der Waals surface area contributed by atoms with E-state index >= 15 is 0 Å². The van der Waals surface area contributed by atoms with E-state index in [4.69, 9.17) is 12.2 Å². The van der Waals surface area contributed by atoms with Crippen molar-refractivity contribution in [1.29, 1.82) is 0 Å². The molecule has 1 saturated carbocycles. The van der Waals surface area contributed by atoms with E-state index in [1.54, 1.807) is 0 Å². The lowest BCUT2D eigenvalue weighted by Crippen LogP contribution is -2.56. The Hall–Kier alpha value is -0.520. The summed E-state index contributed by atoms with van der Waals surface area (Å²) in [6, 6.07) is 0.196. The molecule has 1 atom stereocenters. The van der Waals surface area contributed by atoms with Crippen molar-refractivity contribution in [2.45, 2.75) is 64.0 Å². The fraction of sp³-hybridized carbons (Fsp3) is 0.857. The van der Waals surface area contributed by atoms with Crippen LogP contribution in [0.15, 0.2) is 0 Å². The van der Waals surface area contributed by atoms with Gasteiger partial charge in [0.1, 0.15) is 0 Å². The monoisotopic (exact) mass is 222 g/mol. The third-order valence-corrected chi connectivity index (χ3v) is 3.88. The van der Waals surface area contributed by atoms with Gasteiger partial charge in [0.2, 0.25) is 0 Å². The third kappa shape index (κ3) is 3.50. The first-order valence-electron chi connectivity index (χ1n) is 6.59. The van der Waals surface area contributed by atoms with Gasteiger partial charge in [-0.3, -0.25) is 5.32 Å². The molecule has 2 heteroatoms. The number of nitrogens with two attached hydrogens (primary N) is 1. The van der Waals surface area contributed by atoms with Gasteiger partial charge in [0.05, 0.1) is 6.04 Å². The van der Waals surface area contributed by atoms with Crippen LogP contribution >= 0.6 is 0 Å². The summed E-state index contributed by atoms with van der Waals surface area (Å²) in [4.78, 5) is 0. The van der Waals surface area contributed by atoms with Crippen LogP contribution in [0.2, 0.25) is 0 Å². The Kier molecular flexibility index (Phi) is 5.31. The van der Waals surface area contributed by atoms with E-state index in [0.29, 0.717) is 6.54 Å². The van der Waals surface area contributed by atoms with E-state index in [1.807, 2.05) is 0 Å². The lowest BCUT2D eigenvalue weighted by Gasteiger charge is -2.41. The molecule has 0 aromatic heterocycles. The zero-order valence-electron chi connectivity index (χ0n) is 10.8. The molecule has 0 aromatic rings. The van der Waals surface area contributed by atoms with Crippen LogP contribution < -0.4 is 11.1 Å². The minimum absolute atomic E-state index is 0.110. The van der Waals surface area contributed by atoms with Gasteiger partial charge in [0, 0.05) is 12.1 Å². The van der Waals surface area contributed by atoms with E-state index in [-0.39, 0.29) is 11.6 Å². The van der Waals surface area contributed by atoms with Crippen molar-refractivity contribution in [1.82, 2.24) is 5.32 Å². The van der Waals surface area contributed by atoms with E-state index < -0.39 is 0 Å². The van der Waals surface area contributed by atoms with Gasteiger partial charge in [0.25, 0.3) is 0 Å². The molecule has 16 heavy (non-hydrogen) atoms. The quantitative estimate of drug-likeness (QED) is 0.700. The number of nitrogens with one attached hydrogen (secondary N) is 1. The van der Waals surface area contributed by atoms with Crippen molar-refractivity contribution in [3.8, 4) is 12.3 Å². The smallest absolute Gasteiger partial charge is 0.0691 e. The summed E-state index contributed by atoms with van der Waals surface area (Å²) < 4.78 is 0. The van der Waals surface area contributed by atoms with Crippen molar-refractivity contribution < 1.29 is 0 Å². The van der Waals surface area contributed by atoms with E-state index in [9.17, 15) is 0 Å². The van der Waals surface area contributed by atoms with Crippen LogP contribution in [0.1, 0.15) is 52.4 Å². The van der Waals surface area contributed by atoms with E-state index in [1.165, 1.54) is 25.7 Å². The zero-order valence-corrected chi connectivity index (χ0v) is 10.8. The highest BCUT2D eigenvalue weighted by molar-refractivity contribution is 5.05. The normalized spacial score (nSPS) is 32.0. The molecule has 1 unspecified atom stereocenters. The second-order valence-electron chi connectivity index (χ2n) is 5.32. The predicted molar refractivity (Wildman–Crippen MR) is 70.1 cm³/mol. The van der Waals surface area contributed by atoms with Gasteiger partial charge in [-0.25, -0.2) is 0 Å². The molecule has 1 aliphatic rings. The summed E-state index contributed by atoms with van der Waals surface area (Å²) in [5.41, 5.74) is 6.06. The van der Waals surface area contributed by atoms with Crippen LogP contribution in [-0.4, -0.2) is 18.1 Å². The highest BCUT2D eigenvalue weighted by Gasteiger charge is 2.33. The first-order valence-corrected chi connectivity index (χ1v) is 6.59. The van der Waals surface area contributed by atoms with Gasteiger partial charge >= 0.3 is 0 Å². The van der Waals surface area contributed by atoms with Crippen molar-refractivity contribution in [3.63, 3.8) is 0 Å². The summed E-state index contributed by atoms with van der Waals surface area (Å²) in [7, 11) is 0. The van der Waals surface area contributed by atoms with E-state index in [2.05, 4.69) is 25.1 Å². The molecule has 0 saturated heterocycles. The Morgan fingerprint density at radius 1 is 1.50 bits per heavy atom.